The number of allylic oxidation sites excluding steroid dienone is 1. The van der Waals surface area contributed by atoms with E-state index in [4.69, 9.17) is 4.43 Å². The van der Waals surface area contributed by atoms with Gasteiger partial charge in [0.15, 0.2) is 0 Å². The smallest absolute Gasteiger partial charge is 0.261 e. The van der Waals surface area contributed by atoms with E-state index in [2.05, 4.69) is 94.4 Å². The summed E-state index contributed by atoms with van der Waals surface area (Å²) in [6, 6.07) is 21.5. The minimum Gasteiger partial charge on any atom is -0.405 e. The highest BCUT2D eigenvalue weighted by Gasteiger charge is 2.50. The highest BCUT2D eigenvalue weighted by Crippen LogP contribution is 2.37. The topological polar surface area (TPSA) is 29.5 Å². The first-order valence-electron chi connectivity index (χ1n) is 9.86. The molecule has 0 aliphatic carbocycles. The van der Waals surface area contributed by atoms with Crippen molar-refractivity contribution in [2.45, 2.75) is 58.6 Å². The maximum Gasteiger partial charge on any atom is 0.261 e. The number of aliphatic hydroxyl groups is 1. The molecular formula is C24H34O2Si. The van der Waals surface area contributed by atoms with Crippen molar-refractivity contribution in [3.05, 3.63) is 72.3 Å². The number of benzene rings is 2. The van der Waals surface area contributed by atoms with E-state index in [1.54, 1.807) is 0 Å². The second-order valence-corrected chi connectivity index (χ2v) is 12.6. The standard InChI is InChI=1S/C24H34O2Si/c1-20(19-25)13-12-14-21(2)26-27(24(3,4)5,22-15-8-6-9-16-22)23-17-10-7-11-18-23/h6-11,13,15-18,21,25H,12,14,19H2,1-5H3. The molecule has 0 amide bonds. The summed E-state index contributed by atoms with van der Waals surface area (Å²) in [7, 11) is -2.47. The zero-order valence-electron chi connectivity index (χ0n) is 17.4. The molecule has 0 saturated heterocycles. The molecule has 2 nitrogen and oxygen atoms in total. The Balaban J connectivity index is 2.43. The van der Waals surface area contributed by atoms with Crippen molar-refractivity contribution in [1.29, 1.82) is 0 Å². The van der Waals surface area contributed by atoms with Gasteiger partial charge in [-0.1, -0.05) is 93.1 Å². The van der Waals surface area contributed by atoms with Crippen LogP contribution in [0.15, 0.2) is 72.3 Å². The lowest BCUT2D eigenvalue weighted by Crippen LogP contribution is -2.67. The van der Waals surface area contributed by atoms with Crippen molar-refractivity contribution in [2.24, 2.45) is 0 Å². The molecular weight excluding hydrogens is 348 g/mol. The number of rotatable bonds is 8. The van der Waals surface area contributed by atoms with Crippen LogP contribution in [0, 0.1) is 0 Å². The second-order valence-electron chi connectivity index (χ2n) is 8.38. The first-order chi connectivity index (χ1) is 12.8. The van der Waals surface area contributed by atoms with Crippen LogP contribution in [0.3, 0.4) is 0 Å². The molecule has 27 heavy (non-hydrogen) atoms. The molecule has 0 aliphatic rings. The lowest BCUT2D eigenvalue weighted by molar-refractivity contribution is 0.197. The van der Waals surface area contributed by atoms with E-state index < -0.39 is 8.32 Å². The predicted octanol–water partition coefficient (Wildman–Crippen LogP) is 4.67. The molecule has 0 bridgehead atoms. The van der Waals surface area contributed by atoms with E-state index in [0.29, 0.717) is 0 Å². The van der Waals surface area contributed by atoms with Gasteiger partial charge in [-0.3, -0.25) is 0 Å². The normalized spacial score (nSPS) is 14.2. The monoisotopic (exact) mass is 382 g/mol. The first-order valence-corrected chi connectivity index (χ1v) is 11.8. The van der Waals surface area contributed by atoms with Crippen LogP contribution in [0.4, 0.5) is 0 Å². The summed E-state index contributed by atoms with van der Waals surface area (Å²) in [5.41, 5.74) is 1.02. The third kappa shape index (κ3) is 5.19. The third-order valence-corrected chi connectivity index (χ3v) is 10.3. The fourth-order valence-electron chi connectivity index (χ4n) is 3.68. The Morgan fingerprint density at radius 3 is 1.89 bits per heavy atom. The summed E-state index contributed by atoms with van der Waals surface area (Å²) in [6.45, 7) is 11.2. The Hall–Kier alpha value is -1.68. The van der Waals surface area contributed by atoms with Gasteiger partial charge in [-0.2, -0.15) is 0 Å². The zero-order chi connectivity index (χ0) is 19.9. The van der Waals surface area contributed by atoms with Crippen molar-refractivity contribution in [1.82, 2.24) is 0 Å². The minimum atomic E-state index is -2.47. The van der Waals surface area contributed by atoms with Gasteiger partial charge in [-0.25, -0.2) is 0 Å². The molecule has 0 heterocycles. The molecule has 1 N–H and O–H groups in total. The Bertz CT molecular complexity index is 678. The van der Waals surface area contributed by atoms with E-state index in [0.717, 1.165) is 18.4 Å². The molecule has 1 unspecified atom stereocenters. The fraction of sp³-hybridized carbons (Fsp3) is 0.417. The molecule has 0 aromatic heterocycles. The summed E-state index contributed by atoms with van der Waals surface area (Å²) in [5, 5.41) is 11.8. The average molecular weight is 383 g/mol. The van der Waals surface area contributed by atoms with Crippen molar-refractivity contribution < 1.29 is 9.53 Å². The fourth-order valence-corrected chi connectivity index (χ4v) is 8.42. The quantitative estimate of drug-likeness (QED) is 0.531. The Kier molecular flexibility index (Phi) is 7.60. The maximum absolute atomic E-state index is 9.20. The van der Waals surface area contributed by atoms with Gasteiger partial charge >= 0.3 is 0 Å². The van der Waals surface area contributed by atoms with Gasteiger partial charge in [-0.15, -0.1) is 0 Å². The van der Waals surface area contributed by atoms with Crippen molar-refractivity contribution in [3.63, 3.8) is 0 Å². The molecule has 146 valence electrons. The molecule has 2 aromatic rings. The van der Waals surface area contributed by atoms with Crippen molar-refractivity contribution in [3.8, 4) is 0 Å². The van der Waals surface area contributed by atoms with Crippen LogP contribution >= 0.6 is 0 Å². The highest BCUT2D eigenvalue weighted by atomic mass is 28.4. The third-order valence-electron chi connectivity index (χ3n) is 5.11. The van der Waals surface area contributed by atoms with Gasteiger partial charge in [0, 0.05) is 6.10 Å². The van der Waals surface area contributed by atoms with Gasteiger partial charge < -0.3 is 9.53 Å². The molecule has 3 heteroatoms. The Morgan fingerprint density at radius 2 is 1.48 bits per heavy atom. The lowest BCUT2D eigenvalue weighted by Gasteiger charge is -2.44. The van der Waals surface area contributed by atoms with E-state index in [1.807, 2.05) is 6.92 Å². The highest BCUT2D eigenvalue weighted by molar-refractivity contribution is 6.99. The molecule has 0 aliphatic heterocycles. The molecule has 0 saturated carbocycles. The summed E-state index contributed by atoms with van der Waals surface area (Å²) >= 11 is 0. The van der Waals surface area contributed by atoms with Crippen molar-refractivity contribution in [2.75, 3.05) is 6.61 Å². The summed E-state index contributed by atoms with van der Waals surface area (Å²) < 4.78 is 7.04. The largest absolute Gasteiger partial charge is 0.405 e. The van der Waals surface area contributed by atoms with Gasteiger partial charge in [0.2, 0.25) is 0 Å². The van der Waals surface area contributed by atoms with E-state index >= 15 is 0 Å². The number of aliphatic hydroxyl groups excluding tert-OH is 1. The zero-order valence-corrected chi connectivity index (χ0v) is 18.4. The van der Waals surface area contributed by atoms with Crippen LogP contribution in [-0.2, 0) is 4.43 Å². The molecule has 0 spiro atoms. The van der Waals surface area contributed by atoms with Gasteiger partial charge in [0.05, 0.1) is 6.61 Å². The van der Waals surface area contributed by atoms with E-state index in [1.165, 1.54) is 10.4 Å². The van der Waals surface area contributed by atoms with E-state index in [9.17, 15) is 5.11 Å². The average Bonchev–Trinajstić information content (AvgIpc) is 2.66. The SMILES string of the molecule is CC(=CCCC(C)O[Si](c1ccccc1)(c1ccccc1)C(C)(C)C)CO. The summed E-state index contributed by atoms with van der Waals surface area (Å²) in [4.78, 5) is 0. The summed E-state index contributed by atoms with van der Waals surface area (Å²) in [6.07, 6.45) is 4.12. The van der Waals surface area contributed by atoms with Gasteiger partial charge in [-0.05, 0) is 42.1 Å². The first kappa shape index (κ1) is 21.6. The predicted molar refractivity (Wildman–Crippen MR) is 118 cm³/mol. The Morgan fingerprint density at radius 1 is 1.00 bits per heavy atom. The van der Waals surface area contributed by atoms with Gasteiger partial charge in [0.25, 0.3) is 8.32 Å². The molecule has 2 rings (SSSR count). The van der Waals surface area contributed by atoms with Crippen LogP contribution < -0.4 is 10.4 Å². The minimum absolute atomic E-state index is 0.000815. The van der Waals surface area contributed by atoms with Crippen LogP contribution in [0.5, 0.6) is 0 Å². The summed E-state index contributed by atoms with van der Waals surface area (Å²) in [5.74, 6) is 0. The lowest BCUT2D eigenvalue weighted by atomic mass is 10.2. The second kappa shape index (κ2) is 9.49. The van der Waals surface area contributed by atoms with Crippen LogP contribution in [0.2, 0.25) is 5.04 Å². The van der Waals surface area contributed by atoms with Crippen molar-refractivity contribution >= 4 is 18.7 Å². The molecule has 2 aromatic carbocycles. The van der Waals surface area contributed by atoms with Crippen LogP contribution in [-0.4, -0.2) is 26.1 Å². The maximum atomic E-state index is 9.20. The van der Waals surface area contributed by atoms with Gasteiger partial charge in [0.1, 0.15) is 0 Å². The number of hydrogen-bond acceptors (Lipinski definition) is 2. The molecule has 0 fully saturated rings. The van der Waals surface area contributed by atoms with E-state index in [-0.39, 0.29) is 17.7 Å². The van der Waals surface area contributed by atoms with Crippen LogP contribution in [0.1, 0.15) is 47.5 Å². The van der Waals surface area contributed by atoms with Crippen LogP contribution in [0.25, 0.3) is 0 Å². The molecule has 0 radical (unpaired) electrons. The Labute approximate surface area is 166 Å². The number of hydrogen-bond donors (Lipinski definition) is 1. The molecule has 1 atom stereocenters.